The van der Waals surface area contributed by atoms with E-state index in [2.05, 4.69) is 15.5 Å². The number of nitrogens with two attached hydrogens (primary N) is 1. The van der Waals surface area contributed by atoms with E-state index in [-0.39, 0.29) is 11.9 Å². The summed E-state index contributed by atoms with van der Waals surface area (Å²) in [4.78, 5) is 12.0. The highest BCUT2D eigenvalue weighted by atomic mass is 32.1. The van der Waals surface area contributed by atoms with Crippen LogP contribution in [0.4, 0.5) is 5.13 Å². The number of nitrogens with one attached hydrogen (secondary N) is 1. The molecule has 6 nitrogen and oxygen atoms in total. The Kier molecular flexibility index (Phi) is 2.92. The van der Waals surface area contributed by atoms with Gasteiger partial charge in [0.1, 0.15) is 5.01 Å². The molecular formula is C9H14N4O2S. The highest BCUT2D eigenvalue weighted by Crippen LogP contribution is 2.29. The molecule has 1 fully saturated rings. The van der Waals surface area contributed by atoms with Crippen molar-refractivity contribution in [1.29, 1.82) is 0 Å². The lowest BCUT2D eigenvalue weighted by atomic mass is 9.85. The third-order valence-corrected chi connectivity index (χ3v) is 3.54. The topological polar surface area (TPSA) is 90.1 Å². The molecule has 1 saturated heterocycles. The molecule has 16 heavy (non-hydrogen) atoms. The van der Waals surface area contributed by atoms with Crippen LogP contribution in [0, 0.1) is 12.3 Å². The summed E-state index contributed by atoms with van der Waals surface area (Å²) in [5.41, 5.74) is 5.17. The second kappa shape index (κ2) is 4.08. The molecule has 1 aromatic rings. The van der Waals surface area contributed by atoms with Gasteiger partial charge in [-0.1, -0.05) is 11.3 Å². The van der Waals surface area contributed by atoms with Crippen molar-refractivity contribution < 1.29 is 9.53 Å². The molecule has 0 saturated carbocycles. The summed E-state index contributed by atoms with van der Waals surface area (Å²) in [5.74, 6) is -0.159. The normalized spacial score (nSPS) is 29.3. The number of aromatic nitrogens is 2. The summed E-state index contributed by atoms with van der Waals surface area (Å²) in [7, 11) is 0. The van der Waals surface area contributed by atoms with Gasteiger partial charge < -0.3 is 10.5 Å². The summed E-state index contributed by atoms with van der Waals surface area (Å²) < 4.78 is 5.22. The summed E-state index contributed by atoms with van der Waals surface area (Å²) >= 11 is 1.34. The third kappa shape index (κ3) is 1.93. The van der Waals surface area contributed by atoms with Crippen LogP contribution < -0.4 is 11.1 Å². The van der Waals surface area contributed by atoms with Crippen LogP contribution >= 0.6 is 11.3 Å². The van der Waals surface area contributed by atoms with E-state index in [1.165, 1.54) is 11.3 Å². The van der Waals surface area contributed by atoms with E-state index in [0.29, 0.717) is 18.3 Å². The Morgan fingerprint density at radius 1 is 1.69 bits per heavy atom. The largest absolute Gasteiger partial charge is 0.379 e. The highest BCUT2D eigenvalue weighted by molar-refractivity contribution is 7.15. The Bertz CT molecular complexity index is 408. The monoisotopic (exact) mass is 242 g/mol. The lowest BCUT2D eigenvalue weighted by Crippen LogP contribution is -2.47. The van der Waals surface area contributed by atoms with E-state index >= 15 is 0 Å². The second-order valence-electron chi connectivity index (χ2n) is 4.12. The minimum Gasteiger partial charge on any atom is -0.379 e. The highest BCUT2D eigenvalue weighted by Gasteiger charge is 2.44. The number of amides is 1. The molecule has 0 aliphatic carbocycles. The Labute approximate surface area is 97.2 Å². The molecule has 0 aromatic carbocycles. The first-order valence-corrected chi connectivity index (χ1v) is 5.79. The molecule has 2 heterocycles. The number of hydrogen-bond acceptors (Lipinski definition) is 6. The maximum absolute atomic E-state index is 12.0. The standard InChI is InChI=1S/C9H14N4O2S/c1-5-12-13-8(16-5)11-7(14)9(2)4-15-3-6(9)10/h6H,3-4,10H2,1-2H3,(H,11,13,14). The molecule has 7 heteroatoms. The van der Waals surface area contributed by atoms with Crippen molar-refractivity contribution >= 4 is 22.4 Å². The zero-order valence-electron chi connectivity index (χ0n) is 9.19. The molecule has 1 amide bonds. The van der Waals surface area contributed by atoms with Gasteiger partial charge in [-0.25, -0.2) is 0 Å². The van der Waals surface area contributed by atoms with Gasteiger partial charge in [0.25, 0.3) is 0 Å². The van der Waals surface area contributed by atoms with Crippen molar-refractivity contribution in [2.45, 2.75) is 19.9 Å². The minimum absolute atomic E-state index is 0.159. The Hall–Kier alpha value is -1.05. The van der Waals surface area contributed by atoms with Crippen LogP contribution in [0.5, 0.6) is 0 Å². The summed E-state index contributed by atoms with van der Waals surface area (Å²) in [6.45, 7) is 4.39. The van der Waals surface area contributed by atoms with Gasteiger partial charge >= 0.3 is 0 Å². The van der Waals surface area contributed by atoms with Crippen LogP contribution in [-0.2, 0) is 9.53 Å². The SMILES string of the molecule is Cc1nnc(NC(=O)C2(C)COCC2N)s1. The first kappa shape index (κ1) is 11.4. The van der Waals surface area contributed by atoms with Gasteiger partial charge in [-0.3, -0.25) is 10.1 Å². The summed E-state index contributed by atoms with van der Waals surface area (Å²) in [6, 6.07) is -0.276. The molecule has 88 valence electrons. The predicted molar refractivity (Wildman–Crippen MR) is 60.2 cm³/mol. The molecule has 3 N–H and O–H groups in total. The van der Waals surface area contributed by atoms with Crippen LogP contribution in [0.2, 0.25) is 0 Å². The van der Waals surface area contributed by atoms with Crippen LogP contribution in [0.15, 0.2) is 0 Å². The fourth-order valence-electron chi connectivity index (χ4n) is 1.51. The number of rotatable bonds is 2. The molecule has 2 atom stereocenters. The zero-order chi connectivity index (χ0) is 11.8. The van der Waals surface area contributed by atoms with Crippen molar-refractivity contribution in [2.24, 2.45) is 11.1 Å². The average Bonchev–Trinajstić information content (AvgIpc) is 2.76. The van der Waals surface area contributed by atoms with Gasteiger partial charge in [-0.2, -0.15) is 0 Å². The Morgan fingerprint density at radius 3 is 2.94 bits per heavy atom. The van der Waals surface area contributed by atoms with Gasteiger partial charge in [0.15, 0.2) is 0 Å². The number of ether oxygens (including phenoxy) is 1. The Morgan fingerprint density at radius 2 is 2.44 bits per heavy atom. The average molecular weight is 242 g/mol. The van der Waals surface area contributed by atoms with Gasteiger partial charge in [0.05, 0.1) is 18.6 Å². The van der Waals surface area contributed by atoms with Crippen LogP contribution in [0.25, 0.3) is 0 Å². The van der Waals surface area contributed by atoms with E-state index in [9.17, 15) is 4.79 Å². The molecule has 0 bridgehead atoms. The number of carbonyl (C=O) groups is 1. The molecule has 2 unspecified atom stereocenters. The van der Waals surface area contributed by atoms with E-state index in [1.54, 1.807) is 6.92 Å². The fraction of sp³-hybridized carbons (Fsp3) is 0.667. The number of carbonyl (C=O) groups excluding carboxylic acids is 1. The summed E-state index contributed by atoms with van der Waals surface area (Å²) in [6.07, 6.45) is 0. The lowest BCUT2D eigenvalue weighted by Gasteiger charge is -2.24. The second-order valence-corrected chi connectivity index (χ2v) is 5.30. The van der Waals surface area contributed by atoms with Crippen molar-refractivity contribution in [3.63, 3.8) is 0 Å². The minimum atomic E-state index is -0.681. The van der Waals surface area contributed by atoms with Gasteiger partial charge in [-0.15, -0.1) is 10.2 Å². The predicted octanol–water partition coefficient (Wildman–Crippen LogP) is 0.149. The van der Waals surface area contributed by atoms with Crippen molar-refractivity contribution in [2.75, 3.05) is 18.5 Å². The van der Waals surface area contributed by atoms with Gasteiger partial charge in [0, 0.05) is 6.04 Å². The molecule has 1 aliphatic heterocycles. The lowest BCUT2D eigenvalue weighted by molar-refractivity contribution is -0.125. The van der Waals surface area contributed by atoms with Crippen molar-refractivity contribution in [1.82, 2.24) is 10.2 Å². The van der Waals surface area contributed by atoms with E-state index in [1.807, 2.05) is 6.92 Å². The molecule has 0 spiro atoms. The van der Waals surface area contributed by atoms with Gasteiger partial charge in [0.2, 0.25) is 11.0 Å². The molecule has 1 aromatic heterocycles. The fourth-order valence-corrected chi connectivity index (χ4v) is 2.10. The zero-order valence-corrected chi connectivity index (χ0v) is 10.0. The molecule has 2 rings (SSSR count). The first-order valence-electron chi connectivity index (χ1n) is 4.97. The van der Waals surface area contributed by atoms with Crippen molar-refractivity contribution in [3.8, 4) is 0 Å². The molecule has 1 aliphatic rings. The van der Waals surface area contributed by atoms with Crippen molar-refractivity contribution in [3.05, 3.63) is 5.01 Å². The number of aryl methyl sites for hydroxylation is 1. The molecular weight excluding hydrogens is 228 g/mol. The van der Waals surface area contributed by atoms with E-state index < -0.39 is 5.41 Å². The van der Waals surface area contributed by atoms with Crippen LogP contribution in [0.1, 0.15) is 11.9 Å². The Balaban J connectivity index is 2.08. The number of hydrogen-bond donors (Lipinski definition) is 2. The first-order chi connectivity index (χ1) is 7.52. The van der Waals surface area contributed by atoms with Gasteiger partial charge in [-0.05, 0) is 13.8 Å². The quantitative estimate of drug-likeness (QED) is 0.770. The number of nitrogens with zero attached hydrogens (tertiary/aromatic N) is 2. The van der Waals surface area contributed by atoms with E-state index in [4.69, 9.17) is 10.5 Å². The maximum atomic E-state index is 12.0. The van der Waals surface area contributed by atoms with Crippen LogP contribution in [-0.4, -0.2) is 35.4 Å². The number of anilines is 1. The maximum Gasteiger partial charge on any atom is 0.236 e. The van der Waals surface area contributed by atoms with Crippen LogP contribution in [0.3, 0.4) is 0 Å². The molecule has 0 radical (unpaired) electrons. The third-order valence-electron chi connectivity index (χ3n) is 2.78. The summed E-state index contributed by atoms with van der Waals surface area (Å²) in [5, 5.41) is 11.7. The van der Waals surface area contributed by atoms with E-state index in [0.717, 1.165) is 5.01 Å². The smallest absolute Gasteiger partial charge is 0.236 e.